The minimum atomic E-state index is -0.138. The fraction of sp³-hybridized carbons (Fsp3) is 0.385. The van der Waals surface area contributed by atoms with Crippen molar-refractivity contribution < 1.29 is 9.53 Å². The van der Waals surface area contributed by atoms with E-state index in [0.717, 1.165) is 17.9 Å². The number of benzene rings is 1. The molecule has 0 radical (unpaired) electrons. The van der Waals surface area contributed by atoms with Crippen molar-refractivity contribution >= 4 is 41.5 Å². The van der Waals surface area contributed by atoms with Gasteiger partial charge >= 0.3 is 0 Å². The smallest absolute Gasteiger partial charge is 0.241 e. The number of amides is 1. The third kappa shape index (κ3) is 7.17. The van der Waals surface area contributed by atoms with E-state index in [2.05, 4.69) is 15.6 Å². The first-order chi connectivity index (χ1) is 9.15. The normalized spacial score (nSPS) is 10.4. The fourth-order valence-electron chi connectivity index (χ4n) is 1.34. The molecule has 0 saturated carbocycles. The number of hydrogen-bond acceptors (Lipinski definition) is 3. The molecule has 1 aromatic rings. The molecule has 0 aliphatic heterocycles. The zero-order valence-electron chi connectivity index (χ0n) is 11.7. The Balaban J connectivity index is 0.00000361. The number of halogens is 1. The number of guanidine groups is 1. The minimum Gasteiger partial charge on any atom is -0.497 e. The fourth-order valence-corrected chi connectivity index (χ4v) is 1.34. The van der Waals surface area contributed by atoms with Gasteiger partial charge in [-0.1, -0.05) is 6.92 Å². The van der Waals surface area contributed by atoms with Crippen LogP contribution >= 0.6 is 24.0 Å². The molecule has 7 heteroatoms. The van der Waals surface area contributed by atoms with Crippen LogP contribution in [0.3, 0.4) is 0 Å². The van der Waals surface area contributed by atoms with Crippen LogP contribution in [-0.2, 0) is 4.79 Å². The zero-order valence-corrected chi connectivity index (χ0v) is 14.0. The molecule has 0 bridgehead atoms. The van der Waals surface area contributed by atoms with Crippen LogP contribution in [0.1, 0.15) is 13.3 Å². The first-order valence-corrected chi connectivity index (χ1v) is 6.13. The van der Waals surface area contributed by atoms with Crippen molar-refractivity contribution in [3.63, 3.8) is 0 Å². The molecule has 20 heavy (non-hydrogen) atoms. The van der Waals surface area contributed by atoms with Gasteiger partial charge in [0, 0.05) is 12.2 Å². The Bertz CT molecular complexity index is 435. The lowest BCUT2D eigenvalue weighted by atomic mass is 10.3. The number of anilines is 1. The van der Waals surface area contributed by atoms with E-state index >= 15 is 0 Å². The highest BCUT2D eigenvalue weighted by Gasteiger charge is 2.00. The van der Waals surface area contributed by atoms with Gasteiger partial charge in [-0.15, -0.1) is 24.0 Å². The number of nitrogens with zero attached hydrogens (tertiary/aromatic N) is 1. The van der Waals surface area contributed by atoms with Crippen molar-refractivity contribution in [2.24, 2.45) is 10.7 Å². The summed E-state index contributed by atoms with van der Waals surface area (Å²) in [4.78, 5) is 15.3. The van der Waals surface area contributed by atoms with Gasteiger partial charge in [0.2, 0.25) is 5.91 Å². The Kier molecular flexibility index (Phi) is 9.52. The summed E-state index contributed by atoms with van der Waals surface area (Å²) in [6.45, 7) is 2.66. The first kappa shape index (κ1) is 18.5. The summed E-state index contributed by atoms with van der Waals surface area (Å²) in [7, 11) is 1.60. The third-order valence-electron chi connectivity index (χ3n) is 2.33. The van der Waals surface area contributed by atoms with Gasteiger partial charge < -0.3 is 21.1 Å². The largest absolute Gasteiger partial charge is 0.497 e. The highest BCUT2D eigenvalue weighted by atomic mass is 127. The molecule has 0 fully saturated rings. The van der Waals surface area contributed by atoms with Crippen LogP contribution in [0, 0.1) is 0 Å². The Morgan fingerprint density at radius 3 is 2.55 bits per heavy atom. The number of nitrogens with one attached hydrogen (secondary N) is 2. The highest BCUT2D eigenvalue weighted by Crippen LogP contribution is 2.14. The average molecular weight is 392 g/mol. The van der Waals surface area contributed by atoms with Gasteiger partial charge in [0.1, 0.15) is 12.3 Å². The summed E-state index contributed by atoms with van der Waals surface area (Å²) >= 11 is 0. The maximum absolute atomic E-state index is 11.3. The molecule has 1 aromatic carbocycles. The molecule has 0 aliphatic carbocycles. The van der Waals surface area contributed by atoms with Crippen LogP contribution in [0.2, 0.25) is 0 Å². The molecule has 0 saturated heterocycles. The molecule has 1 rings (SSSR count). The van der Waals surface area contributed by atoms with E-state index in [4.69, 9.17) is 10.5 Å². The van der Waals surface area contributed by atoms with Crippen molar-refractivity contribution in [2.45, 2.75) is 13.3 Å². The summed E-state index contributed by atoms with van der Waals surface area (Å²) in [5, 5.41) is 5.62. The zero-order chi connectivity index (χ0) is 14.1. The Morgan fingerprint density at radius 2 is 2.00 bits per heavy atom. The van der Waals surface area contributed by atoms with Gasteiger partial charge in [-0.2, -0.15) is 0 Å². The minimum absolute atomic E-state index is 0. The molecule has 0 unspecified atom stereocenters. The van der Waals surface area contributed by atoms with Crippen LogP contribution in [0.4, 0.5) is 5.69 Å². The predicted octanol–water partition coefficient (Wildman–Crippen LogP) is 1.57. The summed E-state index contributed by atoms with van der Waals surface area (Å²) in [6.07, 6.45) is 0.898. The predicted molar refractivity (Wildman–Crippen MR) is 91.8 cm³/mol. The topological polar surface area (TPSA) is 88.7 Å². The van der Waals surface area contributed by atoms with E-state index in [9.17, 15) is 4.79 Å². The quantitative estimate of drug-likeness (QED) is 0.390. The highest BCUT2D eigenvalue weighted by molar-refractivity contribution is 14.0. The molecular formula is C13H21IN4O2. The number of nitrogens with two attached hydrogens (primary N) is 1. The number of aliphatic imine (C=N–C) groups is 1. The molecule has 0 atom stereocenters. The lowest BCUT2D eigenvalue weighted by Gasteiger charge is -2.06. The average Bonchev–Trinajstić information content (AvgIpc) is 2.43. The number of carbonyl (C=O) groups is 1. The van der Waals surface area contributed by atoms with E-state index in [1.54, 1.807) is 7.11 Å². The van der Waals surface area contributed by atoms with Crippen LogP contribution < -0.4 is 21.1 Å². The molecule has 6 nitrogen and oxygen atoms in total. The standard InChI is InChI=1S/C13H20N4O2.HI/c1-3-8-15-12(18)9-16-13(14)17-10-4-6-11(19-2)7-5-10;/h4-7H,3,8-9H2,1-2H3,(H,15,18)(H3,14,16,17);1H. The third-order valence-corrected chi connectivity index (χ3v) is 2.33. The Hall–Kier alpha value is -1.51. The van der Waals surface area contributed by atoms with Crippen molar-refractivity contribution in [3.05, 3.63) is 24.3 Å². The van der Waals surface area contributed by atoms with Gasteiger partial charge in [0.25, 0.3) is 0 Å². The van der Waals surface area contributed by atoms with E-state index in [0.29, 0.717) is 6.54 Å². The SMILES string of the molecule is CCCNC(=O)CN=C(N)Nc1ccc(OC)cc1.I. The summed E-state index contributed by atoms with van der Waals surface area (Å²) < 4.78 is 5.05. The summed E-state index contributed by atoms with van der Waals surface area (Å²) in [6, 6.07) is 7.25. The lowest BCUT2D eigenvalue weighted by Crippen LogP contribution is -2.29. The van der Waals surface area contributed by atoms with Crippen LogP contribution in [0.15, 0.2) is 29.3 Å². The van der Waals surface area contributed by atoms with Crippen molar-refractivity contribution in [3.8, 4) is 5.75 Å². The molecule has 1 amide bonds. The number of rotatable bonds is 6. The molecular weight excluding hydrogens is 371 g/mol. The molecule has 0 spiro atoms. The summed E-state index contributed by atoms with van der Waals surface area (Å²) in [5.74, 6) is 0.832. The van der Waals surface area contributed by atoms with E-state index in [1.165, 1.54) is 0 Å². The van der Waals surface area contributed by atoms with Gasteiger partial charge in [-0.25, -0.2) is 4.99 Å². The second-order valence-electron chi connectivity index (χ2n) is 3.90. The number of carbonyl (C=O) groups excluding carboxylic acids is 1. The van der Waals surface area contributed by atoms with Gasteiger partial charge in [-0.3, -0.25) is 4.79 Å². The lowest BCUT2D eigenvalue weighted by molar-refractivity contribution is -0.119. The van der Waals surface area contributed by atoms with Gasteiger partial charge in [0.05, 0.1) is 7.11 Å². The van der Waals surface area contributed by atoms with E-state index in [1.807, 2.05) is 31.2 Å². The number of ether oxygens (including phenoxy) is 1. The van der Waals surface area contributed by atoms with Crippen molar-refractivity contribution in [1.82, 2.24) is 5.32 Å². The monoisotopic (exact) mass is 392 g/mol. The number of hydrogen-bond donors (Lipinski definition) is 3. The molecule has 112 valence electrons. The van der Waals surface area contributed by atoms with Crippen LogP contribution in [0.5, 0.6) is 5.75 Å². The van der Waals surface area contributed by atoms with E-state index < -0.39 is 0 Å². The van der Waals surface area contributed by atoms with Gasteiger partial charge in [0.15, 0.2) is 5.96 Å². The van der Waals surface area contributed by atoms with E-state index in [-0.39, 0.29) is 42.4 Å². The molecule has 0 heterocycles. The second kappa shape index (κ2) is 10.3. The molecule has 0 aliphatic rings. The molecule has 4 N–H and O–H groups in total. The summed E-state index contributed by atoms with van der Waals surface area (Å²) in [5.41, 5.74) is 6.47. The Labute approximate surface area is 136 Å². The second-order valence-corrected chi connectivity index (χ2v) is 3.90. The number of methoxy groups -OCH3 is 1. The van der Waals surface area contributed by atoms with Gasteiger partial charge in [-0.05, 0) is 30.7 Å². The van der Waals surface area contributed by atoms with Crippen molar-refractivity contribution in [2.75, 3.05) is 25.5 Å². The molecule has 0 aromatic heterocycles. The van der Waals surface area contributed by atoms with Crippen LogP contribution in [0.25, 0.3) is 0 Å². The van der Waals surface area contributed by atoms with Crippen molar-refractivity contribution in [1.29, 1.82) is 0 Å². The van der Waals surface area contributed by atoms with Crippen LogP contribution in [-0.4, -0.2) is 32.1 Å². The first-order valence-electron chi connectivity index (χ1n) is 6.13. The maximum Gasteiger partial charge on any atom is 0.241 e. The maximum atomic E-state index is 11.3. The Morgan fingerprint density at radius 1 is 1.35 bits per heavy atom.